The Morgan fingerprint density at radius 1 is 1.10 bits per heavy atom. The molecule has 0 bridgehead atoms. The monoisotopic (exact) mass is 519 g/mol. The molecule has 0 radical (unpaired) electrons. The number of nitriles is 1. The van der Waals surface area contributed by atoms with E-state index in [2.05, 4.69) is 32.9 Å². The minimum Gasteiger partial charge on any atom is -0.353 e. The molecule has 5 heterocycles. The van der Waals surface area contributed by atoms with Gasteiger partial charge in [0.1, 0.15) is 11.9 Å². The first kappa shape index (κ1) is 25.6. The molecule has 1 aliphatic rings. The summed E-state index contributed by atoms with van der Waals surface area (Å²) in [5, 5.41) is 18.4. The van der Waals surface area contributed by atoms with E-state index in [4.69, 9.17) is 4.98 Å². The number of rotatable bonds is 7. The summed E-state index contributed by atoms with van der Waals surface area (Å²) < 4.78 is 3.49. The summed E-state index contributed by atoms with van der Waals surface area (Å²) in [6.45, 7) is 8.05. The average molecular weight is 520 g/mol. The quantitative estimate of drug-likeness (QED) is 0.271. The van der Waals surface area contributed by atoms with Crippen LogP contribution in [0.1, 0.15) is 18.9 Å². The maximum absolute atomic E-state index is 12.8. The van der Waals surface area contributed by atoms with Crippen LogP contribution in [0.2, 0.25) is 0 Å². The molecular formula is C29H29N9O. The highest BCUT2D eigenvalue weighted by molar-refractivity contribution is 5.87. The zero-order chi connectivity index (χ0) is 27.4. The van der Waals surface area contributed by atoms with Gasteiger partial charge in [0.15, 0.2) is 0 Å². The number of carbonyl (C=O) groups is 1. The number of pyridine rings is 2. The Morgan fingerprint density at radius 2 is 1.92 bits per heavy atom. The molecule has 0 aromatic carbocycles. The number of hydrogen-bond acceptors (Lipinski definition) is 7. The molecule has 10 nitrogen and oxygen atoms in total. The molecule has 5 rings (SSSR count). The second kappa shape index (κ2) is 11.1. The third kappa shape index (κ3) is 5.33. The molecular weight excluding hydrogens is 490 g/mol. The third-order valence-electron chi connectivity index (χ3n) is 6.78. The number of allylic oxidation sites excluding steroid dienone is 2. The minimum absolute atomic E-state index is 0.0811. The molecule has 1 fully saturated rings. The van der Waals surface area contributed by atoms with E-state index >= 15 is 0 Å². The highest BCUT2D eigenvalue weighted by Gasteiger charge is 2.22. The molecule has 1 amide bonds. The second-order valence-corrected chi connectivity index (χ2v) is 9.34. The Morgan fingerprint density at radius 3 is 2.56 bits per heavy atom. The summed E-state index contributed by atoms with van der Waals surface area (Å²) in [6, 6.07) is 8.31. The predicted molar refractivity (Wildman–Crippen MR) is 151 cm³/mol. The number of amides is 1. The highest BCUT2D eigenvalue weighted by atomic mass is 16.2. The van der Waals surface area contributed by atoms with E-state index in [1.165, 1.54) is 0 Å². The number of fused-ring (bicyclic) bond motifs is 1. The third-order valence-corrected chi connectivity index (χ3v) is 6.78. The van der Waals surface area contributed by atoms with Crippen molar-refractivity contribution < 1.29 is 4.79 Å². The lowest BCUT2D eigenvalue weighted by Gasteiger charge is -2.35. The van der Waals surface area contributed by atoms with Crippen molar-refractivity contribution in [2.24, 2.45) is 12.0 Å². The van der Waals surface area contributed by atoms with Crippen molar-refractivity contribution in [3.05, 3.63) is 78.7 Å². The maximum atomic E-state index is 12.8. The standard InChI is InChI=1S/C29H29N9O/c1-4-5-21(15-31-2)12-28(39)37-10-8-36(9-11-37)27-7-6-22(16-32-27)26-13-23(25-18-33-35(3)19-25)20-38-29(26)24(14-30)17-34-38/h4-7,13,15-20H,2,8-12H2,1,3H3/b5-4-,21-15+. The van der Waals surface area contributed by atoms with Gasteiger partial charge in [0.2, 0.25) is 5.91 Å². The Hall–Kier alpha value is -5.04. The first-order valence-electron chi connectivity index (χ1n) is 12.7. The Labute approximate surface area is 226 Å². The fourth-order valence-electron chi connectivity index (χ4n) is 4.83. The van der Waals surface area contributed by atoms with E-state index in [9.17, 15) is 10.1 Å². The Kier molecular flexibility index (Phi) is 7.32. The van der Waals surface area contributed by atoms with E-state index in [0.717, 1.165) is 39.2 Å². The molecule has 0 saturated carbocycles. The average Bonchev–Trinajstić information content (AvgIpc) is 3.59. The number of carbonyl (C=O) groups excluding carboxylic acids is 1. The van der Waals surface area contributed by atoms with Crippen LogP contribution >= 0.6 is 0 Å². The van der Waals surface area contributed by atoms with Crippen LogP contribution in [0.25, 0.3) is 27.8 Å². The number of anilines is 1. The van der Waals surface area contributed by atoms with Crippen LogP contribution in [0.5, 0.6) is 0 Å². The summed E-state index contributed by atoms with van der Waals surface area (Å²) in [7, 11) is 1.88. The van der Waals surface area contributed by atoms with Crippen LogP contribution in [0, 0.1) is 11.3 Å². The number of hydrogen-bond donors (Lipinski definition) is 0. The fourth-order valence-corrected chi connectivity index (χ4v) is 4.83. The number of aromatic nitrogens is 5. The lowest BCUT2D eigenvalue weighted by Crippen LogP contribution is -2.49. The summed E-state index contributed by atoms with van der Waals surface area (Å²) >= 11 is 0. The number of piperazine rings is 1. The van der Waals surface area contributed by atoms with Crippen molar-refractivity contribution in [3.8, 4) is 28.3 Å². The lowest BCUT2D eigenvalue weighted by atomic mass is 10.0. The molecule has 1 aliphatic heterocycles. The van der Waals surface area contributed by atoms with Crippen molar-refractivity contribution in [3.63, 3.8) is 0 Å². The van der Waals surface area contributed by atoms with Crippen molar-refractivity contribution in [2.45, 2.75) is 13.3 Å². The molecule has 4 aromatic heterocycles. The number of aryl methyl sites for hydroxylation is 1. The minimum atomic E-state index is 0.0811. The van der Waals surface area contributed by atoms with Gasteiger partial charge in [-0.1, -0.05) is 12.2 Å². The maximum Gasteiger partial charge on any atom is 0.227 e. The number of aliphatic imine (C=N–C) groups is 1. The van der Waals surface area contributed by atoms with Gasteiger partial charge in [-0.2, -0.15) is 15.5 Å². The van der Waals surface area contributed by atoms with Gasteiger partial charge in [0.25, 0.3) is 0 Å². The van der Waals surface area contributed by atoms with Crippen molar-refractivity contribution >= 4 is 24.0 Å². The van der Waals surface area contributed by atoms with Crippen molar-refractivity contribution in [1.29, 1.82) is 5.26 Å². The normalized spacial score (nSPS) is 14.2. The molecule has 10 heteroatoms. The molecule has 0 spiro atoms. The summed E-state index contributed by atoms with van der Waals surface area (Å²) in [4.78, 5) is 25.4. The molecule has 0 aliphatic carbocycles. The van der Waals surface area contributed by atoms with Gasteiger partial charge in [-0.25, -0.2) is 9.50 Å². The summed E-state index contributed by atoms with van der Waals surface area (Å²) in [5.41, 5.74) is 5.75. The molecule has 39 heavy (non-hydrogen) atoms. The molecule has 0 N–H and O–H groups in total. The first-order valence-corrected chi connectivity index (χ1v) is 12.7. The van der Waals surface area contributed by atoms with Gasteiger partial charge in [-0.3, -0.25) is 14.5 Å². The largest absolute Gasteiger partial charge is 0.353 e. The SMILES string of the molecule is C=N/C=C(\C=C/C)CC(=O)N1CCN(c2ccc(-c3cc(-c4cnn(C)c4)cn4ncc(C#N)c34)cn2)CC1. The highest BCUT2D eigenvalue weighted by Crippen LogP contribution is 2.32. The molecule has 4 aromatic rings. The van der Waals surface area contributed by atoms with E-state index in [1.54, 1.807) is 27.8 Å². The predicted octanol–water partition coefficient (Wildman–Crippen LogP) is 3.87. The summed E-state index contributed by atoms with van der Waals surface area (Å²) in [5.74, 6) is 0.933. The van der Waals surface area contributed by atoms with E-state index < -0.39 is 0 Å². The van der Waals surface area contributed by atoms with Gasteiger partial charge in [0.05, 0.1) is 29.9 Å². The number of nitrogens with zero attached hydrogens (tertiary/aromatic N) is 9. The van der Waals surface area contributed by atoms with Crippen LogP contribution in [0.3, 0.4) is 0 Å². The molecule has 0 atom stereocenters. The Balaban J connectivity index is 1.34. The van der Waals surface area contributed by atoms with Crippen molar-refractivity contribution in [1.82, 2.24) is 29.3 Å². The Bertz CT molecular complexity index is 1610. The summed E-state index contributed by atoms with van der Waals surface area (Å²) in [6.07, 6.45) is 14.8. The lowest BCUT2D eigenvalue weighted by molar-refractivity contribution is -0.130. The van der Waals surface area contributed by atoms with Crippen LogP contribution in [0.15, 0.2) is 78.1 Å². The topological polar surface area (TPSA) is 108 Å². The second-order valence-electron chi connectivity index (χ2n) is 9.34. The van der Waals surface area contributed by atoms with Gasteiger partial charge in [-0.15, -0.1) is 0 Å². The van der Waals surface area contributed by atoms with E-state index in [0.29, 0.717) is 38.2 Å². The van der Waals surface area contributed by atoms with E-state index in [1.807, 2.05) is 67.8 Å². The molecule has 1 saturated heterocycles. The molecule has 196 valence electrons. The first-order chi connectivity index (χ1) is 19.0. The van der Waals surface area contributed by atoms with Crippen LogP contribution in [-0.4, -0.2) is 68.1 Å². The van der Waals surface area contributed by atoms with Gasteiger partial charge in [-0.05, 0) is 37.4 Å². The zero-order valence-corrected chi connectivity index (χ0v) is 22.0. The van der Waals surface area contributed by atoms with E-state index in [-0.39, 0.29) is 5.91 Å². The van der Waals surface area contributed by atoms with Crippen LogP contribution in [-0.2, 0) is 11.8 Å². The smallest absolute Gasteiger partial charge is 0.227 e. The van der Waals surface area contributed by atoms with Gasteiger partial charge < -0.3 is 9.80 Å². The van der Waals surface area contributed by atoms with Crippen LogP contribution in [0.4, 0.5) is 5.82 Å². The molecule has 0 unspecified atom stereocenters. The zero-order valence-electron chi connectivity index (χ0n) is 22.0. The van der Waals surface area contributed by atoms with Crippen molar-refractivity contribution in [2.75, 3.05) is 31.1 Å². The fraction of sp³-hybridized carbons (Fsp3) is 0.241. The van der Waals surface area contributed by atoms with Gasteiger partial charge >= 0.3 is 0 Å². The van der Waals surface area contributed by atoms with Gasteiger partial charge in [0, 0.05) is 80.3 Å². The van der Waals surface area contributed by atoms with Crippen LogP contribution < -0.4 is 4.90 Å².